The van der Waals surface area contributed by atoms with Gasteiger partial charge in [0.1, 0.15) is 11.9 Å². The Hall–Kier alpha value is -2.67. The number of carbonyl (C=O) groups is 2. The van der Waals surface area contributed by atoms with Crippen molar-refractivity contribution in [3.63, 3.8) is 0 Å². The molecular formula is C25H35N5O2. The first-order valence-electron chi connectivity index (χ1n) is 11.7. The predicted molar refractivity (Wildman–Crippen MR) is 125 cm³/mol. The van der Waals surface area contributed by atoms with Crippen LogP contribution in [-0.2, 0) is 17.9 Å². The van der Waals surface area contributed by atoms with Crippen LogP contribution in [-0.4, -0.2) is 51.9 Å². The third kappa shape index (κ3) is 4.72. The van der Waals surface area contributed by atoms with Gasteiger partial charge in [0.25, 0.3) is 5.91 Å². The number of fused-ring (bicyclic) bond motifs is 1. The monoisotopic (exact) mass is 437 g/mol. The van der Waals surface area contributed by atoms with Gasteiger partial charge in [-0.05, 0) is 44.7 Å². The standard InChI is InChI=1S/C25H35N5O2/c1-25(2,3)21(24(32)26-18-12-8-13-18)28-23(31)20-19-16-29(4)14-9-15-30(19)22(27-20)17-10-6-5-7-11-17/h5-7,10-11,18,21H,8-9,12-16H2,1-4H3,(H,26,32)(H,28,31)/t21-/m1/s1. The van der Waals surface area contributed by atoms with E-state index in [1.165, 1.54) is 0 Å². The van der Waals surface area contributed by atoms with Crippen LogP contribution in [0, 0.1) is 5.41 Å². The van der Waals surface area contributed by atoms with Crippen molar-refractivity contribution in [1.82, 2.24) is 25.1 Å². The second kappa shape index (κ2) is 9.06. The number of carbonyl (C=O) groups excluding carboxylic acids is 2. The lowest BCUT2D eigenvalue weighted by atomic mass is 9.85. The van der Waals surface area contributed by atoms with E-state index in [0.717, 1.165) is 55.9 Å². The Kier molecular flexibility index (Phi) is 6.38. The molecule has 2 aromatic rings. The first-order chi connectivity index (χ1) is 15.2. The van der Waals surface area contributed by atoms with Crippen LogP contribution in [0.4, 0.5) is 0 Å². The van der Waals surface area contributed by atoms with Crippen LogP contribution in [0.3, 0.4) is 0 Å². The van der Waals surface area contributed by atoms with E-state index < -0.39 is 11.5 Å². The molecule has 172 valence electrons. The molecule has 0 saturated heterocycles. The van der Waals surface area contributed by atoms with E-state index in [9.17, 15) is 9.59 Å². The van der Waals surface area contributed by atoms with Crippen molar-refractivity contribution in [2.45, 2.75) is 71.6 Å². The first-order valence-corrected chi connectivity index (χ1v) is 11.7. The maximum Gasteiger partial charge on any atom is 0.272 e. The van der Waals surface area contributed by atoms with Crippen molar-refractivity contribution in [3.8, 4) is 11.4 Å². The van der Waals surface area contributed by atoms with E-state index >= 15 is 0 Å². The molecule has 2 heterocycles. The Labute approximate surface area is 190 Å². The van der Waals surface area contributed by atoms with Crippen LogP contribution < -0.4 is 10.6 Å². The molecule has 1 aliphatic carbocycles. The van der Waals surface area contributed by atoms with Crippen LogP contribution in [0.5, 0.6) is 0 Å². The fourth-order valence-electron chi connectivity index (χ4n) is 4.42. The van der Waals surface area contributed by atoms with Crippen molar-refractivity contribution in [2.75, 3.05) is 13.6 Å². The number of amides is 2. The quantitative estimate of drug-likeness (QED) is 0.753. The molecule has 0 radical (unpaired) electrons. The molecule has 7 heteroatoms. The highest BCUT2D eigenvalue weighted by Crippen LogP contribution is 2.27. The van der Waals surface area contributed by atoms with Gasteiger partial charge in [0.15, 0.2) is 5.69 Å². The Bertz CT molecular complexity index is 972. The average Bonchev–Trinajstić information content (AvgIpc) is 2.95. The van der Waals surface area contributed by atoms with Gasteiger partial charge >= 0.3 is 0 Å². The number of hydrogen-bond donors (Lipinski definition) is 2. The third-order valence-corrected chi connectivity index (χ3v) is 6.52. The number of rotatable bonds is 5. The van der Waals surface area contributed by atoms with Gasteiger partial charge in [-0.3, -0.25) is 9.59 Å². The average molecular weight is 438 g/mol. The molecule has 2 aliphatic rings. The summed E-state index contributed by atoms with van der Waals surface area (Å²) in [6.07, 6.45) is 4.17. The minimum absolute atomic E-state index is 0.110. The highest BCUT2D eigenvalue weighted by atomic mass is 16.2. The van der Waals surface area contributed by atoms with Crippen LogP contribution in [0.2, 0.25) is 0 Å². The van der Waals surface area contributed by atoms with E-state index in [2.05, 4.69) is 27.1 Å². The Morgan fingerprint density at radius 3 is 2.44 bits per heavy atom. The van der Waals surface area contributed by atoms with Crippen LogP contribution >= 0.6 is 0 Å². The third-order valence-electron chi connectivity index (χ3n) is 6.52. The van der Waals surface area contributed by atoms with E-state index in [1.807, 2.05) is 51.1 Å². The normalized spacial score (nSPS) is 18.2. The van der Waals surface area contributed by atoms with Crippen LogP contribution in [0.15, 0.2) is 30.3 Å². The largest absolute Gasteiger partial charge is 0.352 e. The molecule has 0 spiro atoms. The maximum atomic E-state index is 13.5. The van der Waals surface area contributed by atoms with Crippen molar-refractivity contribution in [3.05, 3.63) is 41.7 Å². The van der Waals surface area contributed by atoms with Gasteiger partial charge < -0.3 is 20.1 Å². The summed E-state index contributed by atoms with van der Waals surface area (Å²) in [4.78, 5) is 33.6. The lowest BCUT2D eigenvalue weighted by Gasteiger charge is -2.34. The molecule has 0 bridgehead atoms. The van der Waals surface area contributed by atoms with Crippen molar-refractivity contribution in [2.24, 2.45) is 5.41 Å². The number of benzene rings is 1. The highest BCUT2D eigenvalue weighted by molar-refractivity contribution is 5.98. The second-order valence-electron chi connectivity index (χ2n) is 10.2. The number of nitrogens with one attached hydrogen (secondary N) is 2. The van der Waals surface area contributed by atoms with E-state index in [-0.39, 0.29) is 17.9 Å². The number of aromatic nitrogens is 2. The molecule has 1 aromatic heterocycles. The van der Waals surface area contributed by atoms with Gasteiger partial charge in [-0.1, -0.05) is 51.1 Å². The molecule has 1 atom stereocenters. The van der Waals surface area contributed by atoms with Gasteiger partial charge in [-0.25, -0.2) is 4.98 Å². The zero-order valence-corrected chi connectivity index (χ0v) is 19.6. The topological polar surface area (TPSA) is 79.3 Å². The lowest BCUT2D eigenvalue weighted by molar-refractivity contribution is -0.126. The van der Waals surface area contributed by atoms with Gasteiger partial charge in [0, 0.05) is 24.7 Å². The van der Waals surface area contributed by atoms with Crippen molar-refractivity contribution >= 4 is 11.8 Å². The molecule has 1 fully saturated rings. The molecule has 2 N–H and O–H groups in total. The zero-order valence-electron chi connectivity index (χ0n) is 19.6. The van der Waals surface area contributed by atoms with Gasteiger partial charge in [0.05, 0.1) is 5.69 Å². The molecule has 7 nitrogen and oxygen atoms in total. The van der Waals surface area contributed by atoms with Gasteiger partial charge in [-0.15, -0.1) is 0 Å². The molecule has 1 aromatic carbocycles. The summed E-state index contributed by atoms with van der Waals surface area (Å²) in [5, 5.41) is 6.13. The van der Waals surface area contributed by atoms with Crippen molar-refractivity contribution in [1.29, 1.82) is 0 Å². The van der Waals surface area contributed by atoms with Gasteiger partial charge in [0.2, 0.25) is 5.91 Å². The van der Waals surface area contributed by atoms with E-state index in [0.29, 0.717) is 12.2 Å². The molecule has 0 unspecified atom stereocenters. The van der Waals surface area contributed by atoms with Crippen molar-refractivity contribution < 1.29 is 9.59 Å². The molecule has 4 rings (SSSR count). The fourth-order valence-corrected chi connectivity index (χ4v) is 4.42. The maximum absolute atomic E-state index is 13.5. The lowest BCUT2D eigenvalue weighted by Crippen LogP contribution is -2.56. The minimum Gasteiger partial charge on any atom is -0.352 e. The van der Waals surface area contributed by atoms with E-state index in [1.54, 1.807) is 0 Å². The summed E-state index contributed by atoms with van der Waals surface area (Å²) >= 11 is 0. The molecule has 32 heavy (non-hydrogen) atoms. The Morgan fingerprint density at radius 1 is 1.09 bits per heavy atom. The highest BCUT2D eigenvalue weighted by Gasteiger charge is 2.36. The minimum atomic E-state index is -0.628. The summed E-state index contributed by atoms with van der Waals surface area (Å²) in [5.41, 5.74) is 1.91. The number of imidazole rings is 1. The van der Waals surface area contributed by atoms with Crippen LogP contribution in [0.1, 0.15) is 62.6 Å². The Morgan fingerprint density at radius 2 is 1.81 bits per heavy atom. The number of hydrogen-bond acceptors (Lipinski definition) is 4. The molecule has 1 saturated carbocycles. The summed E-state index contributed by atoms with van der Waals surface area (Å²) < 4.78 is 2.17. The molecular weight excluding hydrogens is 402 g/mol. The summed E-state index contributed by atoms with van der Waals surface area (Å²) in [5.74, 6) is 0.420. The summed E-state index contributed by atoms with van der Waals surface area (Å²) in [6, 6.07) is 9.60. The molecule has 1 aliphatic heterocycles. The summed E-state index contributed by atoms with van der Waals surface area (Å²) in [6.45, 7) is 8.37. The smallest absolute Gasteiger partial charge is 0.272 e. The Balaban J connectivity index is 1.66. The van der Waals surface area contributed by atoms with Crippen LogP contribution in [0.25, 0.3) is 11.4 Å². The fraction of sp³-hybridized carbons (Fsp3) is 0.560. The number of nitrogens with zero attached hydrogens (tertiary/aromatic N) is 3. The summed E-state index contributed by atoms with van der Waals surface area (Å²) in [7, 11) is 2.07. The second-order valence-corrected chi connectivity index (χ2v) is 10.2. The predicted octanol–water partition coefficient (Wildman–Crippen LogP) is 3.20. The first kappa shape index (κ1) is 22.5. The zero-order chi connectivity index (χ0) is 22.9. The van der Waals surface area contributed by atoms with Gasteiger partial charge in [-0.2, -0.15) is 0 Å². The SMILES string of the molecule is CN1CCCn2c(-c3ccccc3)nc(C(=O)N[C@H](C(=O)NC3CCC3)C(C)(C)C)c2C1. The molecule has 2 amide bonds. The van der Waals surface area contributed by atoms with E-state index in [4.69, 9.17) is 4.98 Å².